The highest BCUT2D eigenvalue weighted by Crippen LogP contribution is 2.30. The second kappa shape index (κ2) is 9.37. The summed E-state index contributed by atoms with van der Waals surface area (Å²) in [6, 6.07) is 15.6. The van der Waals surface area contributed by atoms with Gasteiger partial charge in [-0.05, 0) is 55.5 Å². The number of hydrogen-bond donors (Lipinski definition) is 1. The first-order valence-electron chi connectivity index (χ1n) is 11.5. The van der Waals surface area contributed by atoms with Crippen molar-refractivity contribution in [1.82, 2.24) is 15.2 Å². The molecule has 0 aliphatic carbocycles. The zero-order valence-electron chi connectivity index (χ0n) is 18.9. The Morgan fingerprint density at radius 1 is 1.18 bits per heavy atom. The van der Waals surface area contributed by atoms with Crippen LogP contribution in [0.4, 0.5) is 10.1 Å². The van der Waals surface area contributed by atoms with Crippen LogP contribution in [0.25, 0.3) is 10.9 Å². The number of aromatic nitrogens is 1. The van der Waals surface area contributed by atoms with Gasteiger partial charge >= 0.3 is 0 Å². The van der Waals surface area contributed by atoms with E-state index in [0.717, 1.165) is 49.3 Å². The number of amides is 1. The van der Waals surface area contributed by atoms with Gasteiger partial charge in [-0.15, -0.1) is 0 Å². The third kappa shape index (κ3) is 4.58. The van der Waals surface area contributed by atoms with Crippen molar-refractivity contribution >= 4 is 22.5 Å². The molecule has 0 bridgehead atoms. The van der Waals surface area contributed by atoms with E-state index in [1.165, 1.54) is 24.3 Å². The van der Waals surface area contributed by atoms with Crippen LogP contribution in [0.15, 0.2) is 54.7 Å². The van der Waals surface area contributed by atoms with Crippen LogP contribution in [0.3, 0.4) is 0 Å². The Bertz CT molecular complexity index is 1240. The van der Waals surface area contributed by atoms with Crippen LogP contribution in [0.5, 0.6) is 0 Å². The lowest BCUT2D eigenvalue weighted by Crippen LogP contribution is -2.62. The van der Waals surface area contributed by atoms with Gasteiger partial charge < -0.3 is 15.0 Å². The van der Waals surface area contributed by atoms with Gasteiger partial charge in [-0.1, -0.05) is 0 Å². The first-order valence-corrected chi connectivity index (χ1v) is 11.5. The predicted molar refractivity (Wildman–Crippen MR) is 127 cm³/mol. The first-order chi connectivity index (χ1) is 16.5. The van der Waals surface area contributed by atoms with Crippen LogP contribution >= 0.6 is 0 Å². The van der Waals surface area contributed by atoms with E-state index >= 15 is 0 Å². The number of rotatable bonds is 5. The standard InChI is InChI=1S/C26H26FN5O2/c1-17-12-32(24-9-6-19(11-28)25-23(24)3-2-10-29-25)16-22(34-17)15-31-13-21(14-31)30-26(33)18-4-7-20(27)8-5-18/h2-10,17,21-22H,12-16H2,1H3,(H,30,33)/t17-,22+/m1/s1. The van der Waals surface area contributed by atoms with Gasteiger partial charge in [-0.25, -0.2) is 4.39 Å². The molecule has 0 spiro atoms. The molecule has 1 amide bonds. The van der Waals surface area contributed by atoms with Crippen molar-refractivity contribution in [2.75, 3.05) is 37.6 Å². The van der Waals surface area contributed by atoms with Crippen LogP contribution in [-0.4, -0.2) is 66.8 Å². The van der Waals surface area contributed by atoms with Crippen molar-refractivity contribution in [3.63, 3.8) is 0 Å². The quantitative estimate of drug-likeness (QED) is 0.632. The number of carbonyl (C=O) groups excluding carboxylic acids is 1. The molecule has 0 saturated carbocycles. The summed E-state index contributed by atoms with van der Waals surface area (Å²) in [7, 11) is 0. The Hall–Kier alpha value is -3.54. The van der Waals surface area contributed by atoms with Crippen molar-refractivity contribution < 1.29 is 13.9 Å². The van der Waals surface area contributed by atoms with Gasteiger partial charge in [0.25, 0.3) is 5.91 Å². The maximum Gasteiger partial charge on any atom is 0.251 e. The SMILES string of the molecule is C[C@@H]1CN(c2ccc(C#N)c3ncccc23)C[C@H](CN2CC(NC(=O)c3ccc(F)cc3)C2)O1. The number of hydrogen-bond acceptors (Lipinski definition) is 6. The van der Waals surface area contributed by atoms with E-state index in [1.54, 1.807) is 6.20 Å². The second-order valence-corrected chi connectivity index (χ2v) is 9.01. The van der Waals surface area contributed by atoms with Crippen molar-refractivity contribution in [3.05, 3.63) is 71.7 Å². The third-order valence-electron chi connectivity index (χ3n) is 6.39. The molecule has 2 fully saturated rings. The molecule has 8 heteroatoms. The van der Waals surface area contributed by atoms with E-state index in [9.17, 15) is 14.4 Å². The third-order valence-corrected chi connectivity index (χ3v) is 6.39. The van der Waals surface area contributed by atoms with Crippen molar-refractivity contribution in [2.45, 2.75) is 25.2 Å². The molecule has 2 atom stereocenters. The van der Waals surface area contributed by atoms with Gasteiger partial charge in [0.1, 0.15) is 11.9 Å². The van der Waals surface area contributed by atoms with Crippen LogP contribution in [0.2, 0.25) is 0 Å². The maximum atomic E-state index is 13.1. The van der Waals surface area contributed by atoms with Gasteiger partial charge in [0.15, 0.2) is 0 Å². The minimum absolute atomic E-state index is 0.0277. The zero-order valence-corrected chi connectivity index (χ0v) is 18.9. The minimum atomic E-state index is -0.354. The van der Waals surface area contributed by atoms with Gasteiger partial charge in [0.2, 0.25) is 0 Å². The van der Waals surface area contributed by atoms with Crippen molar-refractivity contribution in [1.29, 1.82) is 5.26 Å². The summed E-state index contributed by atoms with van der Waals surface area (Å²) < 4.78 is 19.3. The van der Waals surface area contributed by atoms with Gasteiger partial charge in [0, 0.05) is 55.6 Å². The lowest BCUT2D eigenvalue weighted by molar-refractivity contribution is -0.0445. The number of nitrogens with zero attached hydrogens (tertiary/aromatic N) is 4. The summed E-state index contributed by atoms with van der Waals surface area (Å²) in [6.07, 6.45) is 1.81. The number of carbonyl (C=O) groups is 1. The molecular formula is C26H26FN5O2. The number of benzene rings is 2. The Balaban J connectivity index is 1.20. The molecule has 5 rings (SSSR count). The van der Waals surface area contributed by atoms with Crippen LogP contribution in [-0.2, 0) is 4.74 Å². The average Bonchev–Trinajstić information content (AvgIpc) is 2.82. The highest BCUT2D eigenvalue weighted by atomic mass is 19.1. The van der Waals surface area contributed by atoms with Gasteiger partial charge in [0.05, 0.1) is 29.3 Å². The molecule has 1 aromatic heterocycles. The lowest BCUT2D eigenvalue weighted by Gasteiger charge is -2.45. The topological polar surface area (TPSA) is 81.5 Å². The number of nitriles is 1. The Kier molecular flexibility index (Phi) is 6.14. The van der Waals surface area contributed by atoms with E-state index in [-0.39, 0.29) is 30.0 Å². The summed E-state index contributed by atoms with van der Waals surface area (Å²) in [5.74, 6) is -0.535. The molecule has 34 heavy (non-hydrogen) atoms. The molecule has 2 aliphatic rings. The van der Waals surface area contributed by atoms with E-state index in [2.05, 4.69) is 33.1 Å². The van der Waals surface area contributed by atoms with Crippen LogP contribution in [0, 0.1) is 17.1 Å². The van der Waals surface area contributed by atoms with Crippen LogP contribution < -0.4 is 10.2 Å². The normalized spacial score (nSPS) is 21.1. The van der Waals surface area contributed by atoms with E-state index in [1.807, 2.05) is 24.3 Å². The number of likely N-dealkylation sites (tertiary alicyclic amines) is 1. The second-order valence-electron chi connectivity index (χ2n) is 9.01. The summed E-state index contributed by atoms with van der Waals surface area (Å²) >= 11 is 0. The van der Waals surface area contributed by atoms with E-state index in [4.69, 9.17) is 4.74 Å². The van der Waals surface area contributed by atoms with E-state index < -0.39 is 0 Å². The molecule has 3 heterocycles. The Labute approximate surface area is 197 Å². The molecule has 3 aromatic rings. The number of halogens is 1. The summed E-state index contributed by atoms with van der Waals surface area (Å²) in [5, 5.41) is 13.4. The fourth-order valence-corrected chi connectivity index (χ4v) is 4.83. The zero-order chi connectivity index (χ0) is 23.7. The Morgan fingerprint density at radius 2 is 1.97 bits per heavy atom. The fraction of sp³-hybridized carbons (Fsp3) is 0.346. The molecule has 2 aliphatic heterocycles. The number of ether oxygens (including phenoxy) is 1. The number of morpholine rings is 1. The molecule has 2 saturated heterocycles. The molecule has 7 nitrogen and oxygen atoms in total. The summed E-state index contributed by atoms with van der Waals surface area (Å²) in [5.41, 5.74) is 2.83. The maximum absolute atomic E-state index is 13.1. The molecule has 2 aromatic carbocycles. The van der Waals surface area contributed by atoms with Crippen LogP contribution in [0.1, 0.15) is 22.8 Å². The number of nitrogens with one attached hydrogen (secondary N) is 1. The molecule has 0 unspecified atom stereocenters. The van der Waals surface area contributed by atoms with E-state index in [0.29, 0.717) is 11.1 Å². The highest BCUT2D eigenvalue weighted by molar-refractivity contribution is 5.95. The minimum Gasteiger partial charge on any atom is -0.370 e. The van der Waals surface area contributed by atoms with Gasteiger partial charge in [-0.3, -0.25) is 14.7 Å². The number of anilines is 1. The fourth-order valence-electron chi connectivity index (χ4n) is 4.83. The lowest BCUT2D eigenvalue weighted by atomic mass is 10.0. The summed E-state index contributed by atoms with van der Waals surface area (Å²) in [6.45, 7) is 5.86. The Morgan fingerprint density at radius 3 is 2.74 bits per heavy atom. The molecular weight excluding hydrogens is 433 g/mol. The average molecular weight is 460 g/mol. The highest BCUT2D eigenvalue weighted by Gasteiger charge is 2.33. The molecule has 174 valence electrons. The summed E-state index contributed by atoms with van der Waals surface area (Å²) in [4.78, 5) is 21.4. The smallest absolute Gasteiger partial charge is 0.251 e. The predicted octanol–water partition coefficient (Wildman–Crippen LogP) is 2.95. The van der Waals surface area contributed by atoms with Crippen molar-refractivity contribution in [2.24, 2.45) is 0 Å². The molecule has 1 N–H and O–H groups in total. The van der Waals surface area contributed by atoms with Gasteiger partial charge in [-0.2, -0.15) is 5.26 Å². The number of pyridine rings is 1. The van der Waals surface area contributed by atoms with Crippen molar-refractivity contribution in [3.8, 4) is 6.07 Å². The number of fused-ring (bicyclic) bond motifs is 1. The monoisotopic (exact) mass is 459 g/mol. The molecule has 0 radical (unpaired) electrons. The largest absolute Gasteiger partial charge is 0.370 e. The first kappa shape index (κ1) is 22.3.